The highest BCUT2D eigenvalue weighted by molar-refractivity contribution is 8.00. The molecule has 0 spiro atoms. The van der Waals surface area contributed by atoms with Crippen LogP contribution in [-0.2, 0) is 21.5 Å². The highest BCUT2D eigenvalue weighted by Crippen LogP contribution is 2.34. The van der Waals surface area contributed by atoms with Crippen molar-refractivity contribution in [3.05, 3.63) is 52.2 Å². The summed E-state index contributed by atoms with van der Waals surface area (Å²) in [7, 11) is 0. The number of carbonyl (C=O) groups excluding carboxylic acids is 2. The van der Waals surface area contributed by atoms with E-state index in [1.807, 2.05) is 17.5 Å². The number of thioether (sulfide) groups is 1. The predicted octanol–water partition coefficient (Wildman–Crippen LogP) is 4.90. The first-order valence-corrected chi connectivity index (χ1v) is 11.7. The van der Waals surface area contributed by atoms with E-state index in [0.717, 1.165) is 17.9 Å². The molecule has 1 fully saturated rings. The van der Waals surface area contributed by atoms with Crippen LogP contribution in [0.3, 0.4) is 0 Å². The van der Waals surface area contributed by atoms with Gasteiger partial charge in [-0.25, -0.2) is 0 Å². The number of alkyl halides is 3. The number of nitrogens with zero attached hydrogens (tertiary/aromatic N) is 3. The van der Waals surface area contributed by atoms with Gasteiger partial charge in [-0.3, -0.25) is 9.59 Å². The molecule has 0 bridgehead atoms. The molecule has 1 aliphatic heterocycles. The number of aromatic nitrogens is 2. The maximum absolute atomic E-state index is 13.0. The second-order valence-electron chi connectivity index (χ2n) is 6.68. The van der Waals surface area contributed by atoms with E-state index in [4.69, 9.17) is 0 Å². The summed E-state index contributed by atoms with van der Waals surface area (Å²) in [6, 6.07) is 8.52. The highest BCUT2D eigenvalue weighted by Gasteiger charge is 2.37. The van der Waals surface area contributed by atoms with Crippen LogP contribution in [0.15, 0.2) is 46.1 Å². The number of carbonyl (C=O) groups is 2. The Morgan fingerprint density at radius 1 is 1.26 bits per heavy atom. The second-order valence-corrected chi connectivity index (χ2v) is 9.92. The topological polar surface area (TPSA) is 75.2 Å². The van der Waals surface area contributed by atoms with Crippen molar-refractivity contribution in [3.8, 4) is 0 Å². The monoisotopic (exact) mass is 484 g/mol. The van der Waals surface area contributed by atoms with E-state index in [9.17, 15) is 22.8 Å². The fourth-order valence-corrected chi connectivity index (χ4v) is 5.56. The van der Waals surface area contributed by atoms with Gasteiger partial charge in [-0.15, -0.1) is 21.5 Å². The molecule has 6 nitrogen and oxygen atoms in total. The smallest absolute Gasteiger partial charge is 0.312 e. The molecule has 2 aromatic heterocycles. The molecule has 1 N–H and O–H groups in total. The largest absolute Gasteiger partial charge is 0.416 e. The molecule has 0 aliphatic carbocycles. The number of amides is 2. The number of nitrogens with one attached hydrogen (secondary N) is 1. The van der Waals surface area contributed by atoms with Gasteiger partial charge in [0.15, 0.2) is 4.34 Å². The average molecular weight is 485 g/mol. The van der Waals surface area contributed by atoms with Crippen molar-refractivity contribution in [2.24, 2.45) is 5.92 Å². The highest BCUT2D eigenvalue weighted by atomic mass is 32.2. The molecule has 3 heterocycles. The van der Waals surface area contributed by atoms with E-state index in [1.165, 1.54) is 45.0 Å². The maximum atomic E-state index is 13.0. The van der Waals surface area contributed by atoms with Gasteiger partial charge in [0, 0.05) is 29.3 Å². The van der Waals surface area contributed by atoms with Crippen LogP contribution in [0, 0.1) is 5.92 Å². The molecule has 2 amide bonds. The molecule has 1 aromatic carbocycles. The van der Waals surface area contributed by atoms with E-state index in [-0.39, 0.29) is 18.7 Å². The molecule has 12 heteroatoms. The van der Waals surface area contributed by atoms with Gasteiger partial charge in [-0.05, 0) is 29.6 Å². The molecule has 0 radical (unpaired) electrons. The van der Waals surface area contributed by atoms with E-state index in [0.29, 0.717) is 9.47 Å². The first-order chi connectivity index (χ1) is 14.8. The van der Waals surface area contributed by atoms with Gasteiger partial charge in [-0.1, -0.05) is 35.2 Å². The number of anilines is 2. The zero-order valence-electron chi connectivity index (χ0n) is 15.8. The normalized spacial score (nSPS) is 16.7. The van der Waals surface area contributed by atoms with Crippen molar-refractivity contribution in [2.75, 3.05) is 16.8 Å². The lowest BCUT2D eigenvalue weighted by Gasteiger charge is -2.18. The van der Waals surface area contributed by atoms with Gasteiger partial charge in [-0.2, -0.15) is 13.2 Å². The molecule has 1 atom stereocenters. The molecule has 31 heavy (non-hydrogen) atoms. The summed E-state index contributed by atoms with van der Waals surface area (Å²) >= 11 is 4.39. The second kappa shape index (κ2) is 8.97. The van der Waals surface area contributed by atoms with Crippen LogP contribution in [-0.4, -0.2) is 28.6 Å². The Labute approximate surface area is 187 Å². The Morgan fingerprint density at radius 2 is 2.10 bits per heavy atom. The summed E-state index contributed by atoms with van der Waals surface area (Å²) < 4.78 is 39.6. The number of hydrogen-bond donors (Lipinski definition) is 1. The molecule has 3 aromatic rings. The van der Waals surface area contributed by atoms with Crippen LogP contribution in [0.25, 0.3) is 0 Å². The maximum Gasteiger partial charge on any atom is 0.416 e. The molecular formula is C19H15F3N4O2S3. The van der Waals surface area contributed by atoms with Crippen LogP contribution in [0.4, 0.5) is 24.0 Å². The summed E-state index contributed by atoms with van der Waals surface area (Å²) in [4.78, 5) is 27.3. The molecular weight excluding hydrogens is 469 g/mol. The van der Waals surface area contributed by atoms with Crippen molar-refractivity contribution in [3.63, 3.8) is 0 Å². The Hall–Kier alpha value is -2.44. The molecule has 1 saturated heterocycles. The van der Waals surface area contributed by atoms with Crippen LogP contribution in [0.1, 0.15) is 16.9 Å². The van der Waals surface area contributed by atoms with Crippen LogP contribution < -0.4 is 10.2 Å². The lowest BCUT2D eigenvalue weighted by molar-refractivity contribution is -0.137. The van der Waals surface area contributed by atoms with Crippen molar-refractivity contribution in [1.29, 1.82) is 0 Å². The standard InChI is InChI=1S/C19H15F3N4O2S3/c20-19(21,22)12-3-1-4-13(8-12)26-9-11(7-15(26)27)16(28)23-17-24-25-18(31-17)30-10-14-5-2-6-29-14/h1-6,8,11H,7,9-10H2,(H,23,24,28). The van der Waals surface area contributed by atoms with E-state index in [2.05, 4.69) is 15.5 Å². The zero-order valence-corrected chi connectivity index (χ0v) is 18.2. The number of hydrogen-bond acceptors (Lipinski definition) is 7. The predicted molar refractivity (Wildman–Crippen MR) is 114 cm³/mol. The molecule has 162 valence electrons. The quantitative estimate of drug-likeness (QED) is 0.398. The average Bonchev–Trinajstić information content (AvgIpc) is 3.47. The fourth-order valence-electron chi connectivity index (χ4n) is 3.04. The zero-order chi connectivity index (χ0) is 22.0. The van der Waals surface area contributed by atoms with Crippen LogP contribution in [0.2, 0.25) is 0 Å². The summed E-state index contributed by atoms with van der Waals surface area (Å²) in [5, 5.41) is 13.0. The van der Waals surface area contributed by atoms with Crippen molar-refractivity contribution < 1.29 is 22.8 Å². The lowest BCUT2D eigenvalue weighted by Crippen LogP contribution is -2.28. The third kappa shape index (κ3) is 5.25. The molecule has 1 unspecified atom stereocenters. The SMILES string of the molecule is O=C(Nc1nnc(SCc2cccs2)s1)C1CC(=O)N(c2cccc(C(F)(F)F)c2)C1. The third-order valence-electron chi connectivity index (χ3n) is 4.54. The Morgan fingerprint density at radius 3 is 2.84 bits per heavy atom. The van der Waals surface area contributed by atoms with Gasteiger partial charge in [0.25, 0.3) is 0 Å². The van der Waals surface area contributed by atoms with Crippen molar-refractivity contribution in [2.45, 2.75) is 22.7 Å². The first kappa shape index (κ1) is 21.8. The summed E-state index contributed by atoms with van der Waals surface area (Å²) in [6.07, 6.45) is -4.59. The van der Waals surface area contributed by atoms with Crippen LogP contribution in [0.5, 0.6) is 0 Å². The summed E-state index contributed by atoms with van der Waals surface area (Å²) in [5.41, 5.74) is -0.717. The number of halogens is 3. The van der Waals surface area contributed by atoms with Gasteiger partial charge in [0.1, 0.15) is 0 Å². The van der Waals surface area contributed by atoms with E-state index < -0.39 is 29.5 Å². The first-order valence-electron chi connectivity index (χ1n) is 9.07. The van der Waals surface area contributed by atoms with Gasteiger partial charge < -0.3 is 10.2 Å². The summed E-state index contributed by atoms with van der Waals surface area (Å²) in [6.45, 7) is 0.00473. The van der Waals surface area contributed by atoms with Gasteiger partial charge >= 0.3 is 6.18 Å². The molecule has 0 saturated carbocycles. The van der Waals surface area contributed by atoms with Gasteiger partial charge in [0.2, 0.25) is 16.9 Å². The lowest BCUT2D eigenvalue weighted by atomic mass is 10.1. The Kier molecular flexibility index (Phi) is 6.30. The molecule has 4 rings (SSSR count). The third-order valence-corrected chi connectivity index (χ3v) is 7.62. The summed E-state index contributed by atoms with van der Waals surface area (Å²) in [5.74, 6) is -0.741. The Bertz CT molecular complexity index is 1090. The Balaban J connectivity index is 1.36. The minimum Gasteiger partial charge on any atom is -0.312 e. The van der Waals surface area contributed by atoms with E-state index >= 15 is 0 Å². The van der Waals surface area contributed by atoms with Crippen molar-refractivity contribution in [1.82, 2.24) is 10.2 Å². The van der Waals surface area contributed by atoms with Crippen LogP contribution >= 0.6 is 34.4 Å². The van der Waals surface area contributed by atoms with Gasteiger partial charge in [0.05, 0.1) is 11.5 Å². The minimum atomic E-state index is -4.51. The minimum absolute atomic E-state index is 0.00473. The number of benzene rings is 1. The van der Waals surface area contributed by atoms with Crippen molar-refractivity contribution >= 4 is 57.1 Å². The van der Waals surface area contributed by atoms with E-state index in [1.54, 1.807) is 11.3 Å². The molecule has 1 aliphatic rings. The fraction of sp³-hybridized carbons (Fsp3) is 0.263. The number of rotatable bonds is 6. The number of thiophene rings is 1.